The number of nitrogens with one attached hydrogen (secondary N) is 2. The first-order valence-electron chi connectivity index (χ1n) is 6.32. The van der Waals surface area contributed by atoms with E-state index < -0.39 is 0 Å². The monoisotopic (exact) mass is 230 g/mol. The van der Waals surface area contributed by atoms with Gasteiger partial charge in [0.25, 0.3) is 0 Å². The summed E-state index contributed by atoms with van der Waals surface area (Å²) in [5.41, 5.74) is 0. The van der Waals surface area contributed by atoms with E-state index in [1.807, 2.05) is 0 Å². The SMILES string of the molecule is CCCCCNCCNCCCOC(C)=O. The maximum absolute atomic E-state index is 10.5. The molecule has 0 heterocycles. The van der Waals surface area contributed by atoms with Crippen LogP contribution in [0.5, 0.6) is 0 Å². The van der Waals surface area contributed by atoms with E-state index in [9.17, 15) is 4.79 Å². The van der Waals surface area contributed by atoms with Gasteiger partial charge in [0, 0.05) is 20.0 Å². The first-order valence-corrected chi connectivity index (χ1v) is 6.32. The Labute approximate surface area is 99.1 Å². The third kappa shape index (κ3) is 13.4. The van der Waals surface area contributed by atoms with Gasteiger partial charge in [0.05, 0.1) is 6.61 Å². The van der Waals surface area contributed by atoms with Gasteiger partial charge in [-0.1, -0.05) is 19.8 Å². The van der Waals surface area contributed by atoms with E-state index in [0.717, 1.165) is 32.6 Å². The molecule has 16 heavy (non-hydrogen) atoms. The minimum atomic E-state index is -0.197. The van der Waals surface area contributed by atoms with Crippen LogP contribution in [-0.4, -0.2) is 38.8 Å². The summed E-state index contributed by atoms with van der Waals surface area (Å²) in [5, 5.41) is 6.68. The van der Waals surface area contributed by atoms with Gasteiger partial charge in [-0.3, -0.25) is 4.79 Å². The zero-order valence-corrected chi connectivity index (χ0v) is 10.7. The summed E-state index contributed by atoms with van der Waals surface area (Å²) in [6.45, 7) is 8.18. The molecule has 0 fully saturated rings. The fourth-order valence-corrected chi connectivity index (χ4v) is 1.34. The van der Waals surface area contributed by atoms with E-state index in [1.54, 1.807) is 0 Å². The molecule has 0 saturated carbocycles. The zero-order chi connectivity index (χ0) is 12.1. The van der Waals surface area contributed by atoms with Gasteiger partial charge in [0.2, 0.25) is 0 Å². The van der Waals surface area contributed by atoms with Gasteiger partial charge in [-0.15, -0.1) is 0 Å². The van der Waals surface area contributed by atoms with Crippen LogP contribution < -0.4 is 10.6 Å². The third-order valence-corrected chi connectivity index (χ3v) is 2.24. The number of ether oxygens (including phenoxy) is 1. The molecule has 0 aliphatic rings. The number of unbranched alkanes of at least 4 members (excludes halogenated alkanes) is 2. The van der Waals surface area contributed by atoms with E-state index in [2.05, 4.69) is 17.6 Å². The fourth-order valence-electron chi connectivity index (χ4n) is 1.34. The van der Waals surface area contributed by atoms with Crippen LogP contribution in [0.2, 0.25) is 0 Å². The summed E-state index contributed by atoms with van der Waals surface area (Å²) in [6.07, 6.45) is 4.73. The van der Waals surface area contributed by atoms with Gasteiger partial charge in [-0.2, -0.15) is 0 Å². The Balaban J connectivity index is 2.90. The van der Waals surface area contributed by atoms with Crippen LogP contribution in [0.1, 0.15) is 39.5 Å². The Bertz CT molecular complexity index is 163. The van der Waals surface area contributed by atoms with E-state index >= 15 is 0 Å². The van der Waals surface area contributed by atoms with Crippen LogP contribution >= 0.6 is 0 Å². The van der Waals surface area contributed by atoms with E-state index in [-0.39, 0.29) is 5.97 Å². The topological polar surface area (TPSA) is 50.4 Å². The molecule has 96 valence electrons. The van der Waals surface area contributed by atoms with Gasteiger partial charge in [0.15, 0.2) is 0 Å². The molecule has 0 atom stereocenters. The lowest BCUT2D eigenvalue weighted by Crippen LogP contribution is -2.29. The molecule has 0 aliphatic heterocycles. The minimum Gasteiger partial charge on any atom is -0.466 e. The van der Waals surface area contributed by atoms with Crippen LogP contribution in [0.3, 0.4) is 0 Å². The Kier molecular flexibility index (Phi) is 12.0. The van der Waals surface area contributed by atoms with Crippen LogP contribution in [0.4, 0.5) is 0 Å². The van der Waals surface area contributed by atoms with Gasteiger partial charge >= 0.3 is 5.97 Å². The Morgan fingerprint density at radius 3 is 2.19 bits per heavy atom. The van der Waals surface area contributed by atoms with Gasteiger partial charge in [-0.25, -0.2) is 0 Å². The summed E-state index contributed by atoms with van der Waals surface area (Å²) in [5.74, 6) is -0.197. The van der Waals surface area contributed by atoms with Crippen molar-refractivity contribution in [3.63, 3.8) is 0 Å². The smallest absolute Gasteiger partial charge is 0.302 e. The minimum absolute atomic E-state index is 0.197. The lowest BCUT2D eigenvalue weighted by atomic mass is 10.2. The van der Waals surface area contributed by atoms with Gasteiger partial charge in [-0.05, 0) is 25.9 Å². The highest BCUT2D eigenvalue weighted by Gasteiger charge is 1.92. The highest BCUT2D eigenvalue weighted by atomic mass is 16.5. The van der Waals surface area contributed by atoms with Crippen molar-refractivity contribution in [2.24, 2.45) is 0 Å². The first kappa shape index (κ1) is 15.4. The summed E-state index contributed by atoms with van der Waals surface area (Å²) in [6, 6.07) is 0. The number of hydrogen-bond acceptors (Lipinski definition) is 4. The number of carbonyl (C=O) groups is 1. The molecular weight excluding hydrogens is 204 g/mol. The van der Waals surface area contributed by atoms with Crippen molar-refractivity contribution >= 4 is 5.97 Å². The first-order chi connectivity index (χ1) is 7.77. The summed E-state index contributed by atoms with van der Waals surface area (Å²) in [7, 11) is 0. The maximum Gasteiger partial charge on any atom is 0.302 e. The molecule has 2 N–H and O–H groups in total. The molecule has 4 heteroatoms. The highest BCUT2D eigenvalue weighted by molar-refractivity contribution is 5.65. The van der Waals surface area contributed by atoms with Crippen molar-refractivity contribution < 1.29 is 9.53 Å². The molecule has 0 aliphatic carbocycles. The molecule has 0 aromatic carbocycles. The number of hydrogen-bond donors (Lipinski definition) is 2. The molecule has 4 nitrogen and oxygen atoms in total. The molecule has 0 radical (unpaired) electrons. The second-order valence-corrected chi connectivity index (χ2v) is 3.90. The standard InChI is InChI=1S/C12H26N2O2/c1-3-4-5-7-13-9-10-14-8-6-11-16-12(2)15/h13-14H,3-11H2,1-2H3. The molecule has 0 aromatic heterocycles. The normalized spacial score (nSPS) is 10.4. The lowest BCUT2D eigenvalue weighted by Gasteiger charge is -2.06. The molecule has 0 aromatic rings. The molecule has 0 saturated heterocycles. The average Bonchev–Trinajstić information content (AvgIpc) is 2.25. The predicted molar refractivity (Wildman–Crippen MR) is 66.5 cm³/mol. The number of esters is 1. The highest BCUT2D eigenvalue weighted by Crippen LogP contribution is 1.90. The largest absolute Gasteiger partial charge is 0.466 e. The summed E-state index contributed by atoms with van der Waals surface area (Å²) >= 11 is 0. The lowest BCUT2D eigenvalue weighted by molar-refractivity contribution is -0.141. The number of rotatable bonds is 11. The van der Waals surface area contributed by atoms with Crippen LogP contribution in [0.25, 0.3) is 0 Å². The van der Waals surface area contributed by atoms with Gasteiger partial charge in [0.1, 0.15) is 0 Å². The van der Waals surface area contributed by atoms with E-state index in [0.29, 0.717) is 6.61 Å². The summed E-state index contributed by atoms with van der Waals surface area (Å²) in [4.78, 5) is 10.5. The Morgan fingerprint density at radius 1 is 1.00 bits per heavy atom. The van der Waals surface area contributed by atoms with Crippen molar-refractivity contribution in [2.75, 3.05) is 32.8 Å². The molecule has 0 unspecified atom stereocenters. The second-order valence-electron chi connectivity index (χ2n) is 3.90. The molecule has 0 rings (SSSR count). The van der Waals surface area contributed by atoms with Crippen LogP contribution in [-0.2, 0) is 9.53 Å². The van der Waals surface area contributed by atoms with Crippen LogP contribution in [0, 0.1) is 0 Å². The van der Waals surface area contributed by atoms with Crippen molar-refractivity contribution in [3.8, 4) is 0 Å². The van der Waals surface area contributed by atoms with E-state index in [1.165, 1.54) is 26.2 Å². The zero-order valence-electron chi connectivity index (χ0n) is 10.7. The Morgan fingerprint density at radius 2 is 1.62 bits per heavy atom. The average molecular weight is 230 g/mol. The maximum atomic E-state index is 10.5. The molecule has 0 amide bonds. The van der Waals surface area contributed by atoms with Crippen molar-refractivity contribution in [1.29, 1.82) is 0 Å². The van der Waals surface area contributed by atoms with Crippen molar-refractivity contribution in [2.45, 2.75) is 39.5 Å². The molecule has 0 bridgehead atoms. The second kappa shape index (κ2) is 12.5. The van der Waals surface area contributed by atoms with Crippen LogP contribution in [0.15, 0.2) is 0 Å². The van der Waals surface area contributed by atoms with E-state index in [4.69, 9.17) is 4.74 Å². The molecule has 0 spiro atoms. The van der Waals surface area contributed by atoms with Gasteiger partial charge < -0.3 is 15.4 Å². The van der Waals surface area contributed by atoms with Crippen molar-refractivity contribution in [1.82, 2.24) is 10.6 Å². The Hall–Kier alpha value is -0.610. The number of carbonyl (C=O) groups excluding carboxylic acids is 1. The molecular formula is C12H26N2O2. The quantitative estimate of drug-likeness (QED) is 0.415. The fraction of sp³-hybridized carbons (Fsp3) is 0.917. The van der Waals surface area contributed by atoms with Crippen molar-refractivity contribution in [3.05, 3.63) is 0 Å². The third-order valence-electron chi connectivity index (χ3n) is 2.24. The predicted octanol–water partition coefficient (Wildman–Crippen LogP) is 1.31. The summed E-state index contributed by atoms with van der Waals surface area (Å²) < 4.78 is 4.82.